The molecule has 0 saturated carbocycles. The summed E-state index contributed by atoms with van der Waals surface area (Å²) in [6, 6.07) is 15.7. The largest absolute Gasteiger partial charge is 0.357 e. The van der Waals surface area contributed by atoms with Gasteiger partial charge in [0, 0.05) is 24.8 Å². The van der Waals surface area contributed by atoms with Crippen LogP contribution < -0.4 is 10.6 Å². The summed E-state index contributed by atoms with van der Waals surface area (Å²) in [5.41, 5.74) is 3.55. The minimum Gasteiger partial charge on any atom is -0.357 e. The molecule has 0 aliphatic heterocycles. The Balaban J connectivity index is 0.00000450. The average Bonchev–Trinajstić information content (AvgIpc) is 2.70. The van der Waals surface area contributed by atoms with Crippen molar-refractivity contribution in [2.75, 3.05) is 19.3 Å². The lowest BCUT2D eigenvalue weighted by Gasteiger charge is -2.27. The van der Waals surface area contributed by atoms with E-state index in [1.165, 1.54) is 17.4 Å². The number of nitrogens with zero attached hydrogens (tertiary/aromatic N) is 1. The van der Waals surface area contributed by atoms with E-state index in [0.29, 0.717) is 11.4 Å². The van der Waals surface area contributed by atoms with Crippen LogP contribution in [-0.2, 0) is 28.2 Å². The zero-order valence-electron chi connectivity index (χ0n) is 18.5. The lowest BCUT2D eigenvalue weighted by Crippen LogP contribution is -2.43. The predicted octanol–water partition coefficient (Wildman–Crippen LogP) is 4.30. The van der Waals surface area contributed by atoms with Gasteiger partial charge in [-0.05, 0) is 42.2 Å². The van der Waals surface area contributed by atoms with Crippen LogP contribution in [0.15, 0.2) is 58.4 Å². The summed E-state index contributed by atoms with van der Waals surface area (Å²) in [4.78, 5) is 4.97. The summed E-state index contributed by atoms with van der Waals surface area (Å²) >= 11 is 0. The van der Waals surface area contributed by atoms with Gasteiger partial charge in [-0.25, -0.2) is 13.4 Å². The van der Waals surface area contributed by atoms with Crippen LogP contribution in [0.2, 0.25) is 0 Å². The molecule has 0 unspecified atom stereocenters. The third-order valence-electron chi connectivity index (χ3n) is 4.96. The molecular formula is C23H34IN3O2S. The van der Waals surface area contributed by atoms with E-state index in [-0.39, 0.29) is 29.4 Å². The Morgan fingerprint density at radius 2 is 1.50 bits per heavy atom. The number of aliphatic imine (C=N–C) groups is 1. The van der Waals surface area contributed by atoms with Crippen molar-refractivity contribution in [3.05, 3.63) is 65.2 Å². The van der Waals surface area contributed by atoms with E-state index in [4.69, 9.17) is 0 Å². The summed E-state index contributed by atoms with van der Waals surface area (Å²) < 4.78 is 23.2. The van der Waals surface area contributed by atoms with Gasteiger partial charge in [-0.1, -0.05) is 57.2 Å². The molecule has 2 N–H and O–H groups in total. The molecule has 0 heterocycles. The Bertz CT molecular complexity index is 922. The second-order valence-electron chi connectivity index (χ2n) is 7.90. The molecular weight excluding hydrogens is 509 g/mol. The molecule has 0 fully saturated rings. The Hall–Kier alpha value is -1.61. The molecule has 30 heavy (non-hydrogen) atoms. The molecule has 0 amide bonds. The van der Waals surface area contributed by atoms with E-state index in [1.54, 1.807) is 12.1 Å². The van der Waals surface area contributed by atoms with Gasteiger partial charge in [-0.3, -0.25) is 0 Å². The highest BCUT2D eigenvalue weighted by molar-refractivity contribution is 14.0. The molecule has 2 aromatic rings. The van der Waals surface area contributed by atoms with Crippen molar-refractivity contribution in [1.29, 1.82) is 0 Å². The number of rotatable bonds is 8. The number of hydrogen-bond acceptors (Lipinski definition) is 3. The Morgan fingerprint density at radius 3 is 2.00 bits per heavy atom. The first-order chi connectivity index (χ1) is 13.7. The molecule has 5 nitrogen and oxygen atoms in total. The summed E-state index contributed by atoms with van der Waals surface area (Å²) in [6.07, 6.45) is 2.26. The van der Waals surface area contributed by atoms with Gasteiger partial charge in [0.25, 0.3) is 0 Å². The minimum atomic E-state index is -3.18. The molecule has 0 radical (unpaired) electrons. The third kappa shape index (κ3) is 7.91. The molecule has 0 spiro atoms. The van der Waals surface area contributed by atoms with Crippen molar-refractivity contribution in [3.63, 3.8) is 0 Å². The molecule has 0 atom stereocenters. The van der Waals surface area contributed by atoms with E-state index < -0.39 is 9.84 Å². The van der Waals surface area contributed by atoms with Crippen LogP contribution in [-0.4, -0.2) is 33.7 Å². The van der Waals surface area contributed by atoms with Gasteiger partial charge in [0.1, 0.15) is 0 Å². The van der Waals surface area contributed by atoms with Crippen LogP contribution in [0.4, 0.5) is 0 Å². The standard InChI is InChI=1S/C23H33N3O2S.HI/c1-6-18-8-12-20(13-9-18)23(3,4)17-26-22(24-7-2)25-16-19-10-14-21(15-11-19)29(5,27)28;/h8-15H,6-7,16-17H2,1-5H3,(H2,24,25,26);1H. The van der Waals surface area contributed by atoms with E-state index >= 15 is 0 Å². The second-order valence-corrected chi connectivity index (χ2v) is 9.91. The zero-order chi connectivity index (χ0) is 21.5. The topological polar surface area (TPSA) is 70.6 Å². The smallest absolute Gasteiger partial charge is 0.191 e. The SMILES string of the molecule is CCNC(=NCc1ccc(S(C)(=O)=O)cc1)NCC(C)(C)c1ccc(CC)cc1.I. The quantitative estimate of drug-likeness (QED) is 0.296. The minimum absolute atomic E-state index is 0. The van der Waals surface area contributed by atoms with Crippen LogP contribution in [0, 0.1) is 0 Å². The zero-order valence-corrected chi connectivity index (χ0v) is 21.7. The summed E-state index contributed by atoms with van der Waals surface area (Å²) in [7, 11) is -3.18. The van der Waals surface area contributed by atoms with Crippen molar-refractivity contribution >= 4 is 39.8 Å². The van der Waals surface area contributed by atoms with E-state index in [1.807, 2.05) is 19.1 Å². The van der Waals surface area contributed by atoms with Gasteiger partial charge in [-0.15, -0.1) is 24.0 Å². The van der Waals surface area contributed by atoms with E-state index in [0.717, 1.165) is 31.0 Å². The maximum absolute atomic E-state index is 11.6. The first-order valence-corrected chi connectivity index (χ1v) is 12.0. The summed E-state index contributed by atoms with van der Waals surface area (Å²) in [5.74, 6) is 0.748. The monoisotopic (exact) mass is 543 g/mol. The van der Waals surface area contributed by atoms with Crippen LogP contribution in [0.25, 0.3) is 0 Å². The van der Waals surface area contributed by atoms with Crippen molar-refractivity contribution < 1.29 is 8.42 Å². The molecule has 2 rings (SSSR count). The highest BCUT2D eigenvalue weighted by atomic mass is 127. The fourth-order valence-corrected chi connectivity index (χ4v) is 3.58. The van der Waals surface area contributed by atoms with E-state index in [2.05, 4.69) is 60.7 Å². The summed E-state index contributed by atoms with van der Waals surface area (Å²) in [5, 5.41) is 6.71. The number of guanidine groups is 1. The Morgan fingerprint density at radius 1 is 0.933 bits per heavy atom. The van der Waals surface area contributed by atoms with Crippen LogP contribution in [0.3, 0.4) is 0 Å². The first-order valence-electron chi connectivity index (χ1n) is 10.1. The fourth-order valence-electron chi connectivity index (χ4n) is 2.95. The Kier molecular flexibility index (Phi) is 10.3. The molecule has 0 bridgehead atoms. The predicted molar refractivity (Wildman–Crippen MR) is 137 cm³/mol. The lowest BCUT2D eigenvalue weighted by atomic mass is 9.84. The molecule has 0 saturated heterocycles. The van der Waals surface area contributed by atoms with Crippen molar-refractivity contribution in [3.8, 4) is 0 Å². The maximum atomic E-state index is 11.6. The normalized spacial score (nSPS) is 12.2. The van der Waals surface area contributed by atoms with Crippen LogP contribution in [0.5, 0.6) is 0 Å². The van der Waals surface area contributed by atoms with Gasteiger partial charge in [0.05, 0.1) is 11.4 Å². The van der Waals surface area contributed by atoms with Gasteiger partial charge in [0.2, 0.25) is 0 Å². The van der Waals surface area contributed by atoms with Gasteiger partial charge in [0.15, 0.2) is 15.8 Å². The van der Waals surface area contributed by atoms with Crippen LogP contribution in [0.1, 0.15) is 44.4 Å². The highest BCUT2D eigenvalue weighted by Crippen LogP contribution is 2.22. The van der Waals surface area contributed by atoms with Crippen LogP contribution >= 0.6 is 24.0 Å². The number of nitrogens with one attached hydrogen (secondary N) is 2. The number of hydrogen-bond donors (Lipinski definition) is 2. The number of sulfone groups is 1. The first kappa shape index (κ1) is 26.4. The number of aryl methyl sites for hydroxylation is 1. The van der Waals surface area contributed by atoms with E-state index in [9.17, 15) is 8.42 Å². The van der Waals surface area contributed by atoms with Gasteiger partial charge < -0.3 is 10.6 Å². The molecule has 7 heteroatoms. The highest BCUT2D eigenvalue weighted by Gasteiger charge is 2.20. The lowest BCUT2D eigenvalue weighted by molar-refractivity contribution is 0.508. The molecule has 0 aliphatic carbocycles. The maximum Gasteiger partial charge on any atom is 0.191 e. The molecule has 0 aromatic heterocycles. The van der Waals surface area contributed by atoms with Crippen molar-refractivity contribution in [2.45, 2.75) is 51.0 Å². The third-order valence-corrected chi connectivity index (χ3v) is 6.09. The Labute approximate surface area is 198 Å². The second kappa shape index (κ2) is 11.7. The molecule has 0 aliphatic rings. The van der Waals surface area contributed by atoms with Crippen molar-refractivity contribution in [1.82, 2.24) is 10.6 Å². The summed E-state index contributed by atoms with van der Waals surface area (Å²) in [6.45, 7) is 10.6. The van der Waals surface area contributed by atoms with Gasteiger partial charge >= 0.3 is 0 Å². The van der Waals surface area contributed by atoms with Crippen molar-refractivity contribution in [2.24, 2.45) is 4.99 Å². The number of halogens is 1. The fraction of sp³-hybridized carbons (Fsp3) is 0.435. The number of benzene rings is 2. The molecule has 166 valence electrons. The molecule has 2 aromatic carbocycles. The average molecular weight is 544 g/mol. The van der Waals surface area contributed by atoms with Gasteiger partial charge in [-0.2, -0.15) is 0 Å².